The Morgan fingerprint density at radius 2 is 1.73 bits per heavy atom. The number of carbonyl (C=O) groups is 2. The second-order valence-corrected chi connectivity index (χ2v) is 4.74. The summed E-state index contributed by atoms with van der Waals surface area (Å²) in [5, 5.41) is 0. The maximum Gasteiger partial charge on any atom is 0.338 e. The van der Waals surface area contributed by atoms with Gasteiger partial charge in [-0.3, -0.25) is 0 Å². The molecule has 0 saturated heterocycles. The molecule has 0 N–H and O–H groups in total. The minimum absolute atomic E-state index is 0.302. The summed E-state index contributed by atoms with van der Waals surface area (Å²) in [6, 6.07) is 14.1. The van der Waals surface area contributed by atoms with Crippen molar-refractivity contribution in [1.29, 1.82) is 0 Å². The van der Waals surface area contributed by atoms with E-state index < -0.39 is 11.9 Å². The first-order valence-electron chi connectivity index (χ1n) is 6.68. The zero-order chi connectivity index (χ0) is 16.1. The molecule has 112 valence electrons. The Kier molecular flexibility index (Phi) is 4.73. The van der Waals surface area contributed by atoms with Crippen LogP contribution in [-0.2, 0) is 9.53 Å². The highest BCUT2D eigenvalue weighted by Crippen LogP contribution is 2.31. The van der Waals surface area contributed by atoms with Crippen molar-refractivity contribution in [1.82, 2.24) is 0 Å². The lowest BCUT2D eigenvalue weighted by Crippen LogP contribution is -2.10. The smallest absolute Gasteiger partial charge is 0.338 e. The molecule has 2 aromatic rings. The normalized spacial score (nSPS) is 9.91. The number of hydrogen-bond acceptors (Lipinski definition) is 4. The van der Waals surface area contributed by atoms with Crippen LogP contribution < -0.4 is 4.74 Å². The Morgan fingerprint density at radius 3 is 2.32 bits per heavy atom. The summed E-state index contributed by atoms with van der Waals surface area (Å²) in [6.45, 7) is 5.14. The first kappa shape index (κ1) is 15.5. The summed E-state index contributed by atoms with van der Waals surface area (Å²) >= 11 is 0. The van der Waals surface area contributed by atoms with Crippen molar-refractivity contribution in [2.45, 2.75) is 6.92 Å². The first-order chi connectivity index (χ1) is 10.5. The predicted molar refractivity (Wildman–Crippen MR) is 83.7 cm³/mol. The van der Waals surface area contributed by atoms with Crippen molar-refractivity contribution in [3.05, 3.63) is 66.2 Å². The van der Waals surface area contributed by atoms with E-state index >= 15 is 0 Å². The molecule has 0 unspecified atom stereocenters. The van der Waals surface area contributed by atoms with Crippen molar-refractivity contribution in [2.75, 3.05) is 7.11 Å². The average molecular weight is 296 g/mol. The topological polar surface area (TPSA) is 52.6 Å². The summed E-state index contributed by atoms with van der Waals surface area (Å²) in [5.41, 5.74) is 2.16. The van der Waals surface area contributed by atoms with Gasteiger partial charge in [-0.2, -0.15) is 0 Å². The molecule has 2 aromatic carbocycles. The molecule has 2 rings (SSSR count). The van der Waals surface area contributed by atoms with Gasteiger partial charge in [-0.25, -0.2) is 9.59 Å². The summed E-state index contributed by atoms with van der Waals surface area (Å²) in [5.74, 6) is -0.593. The highest BCUT2D eigenvalue weighted by atomic mass is 16.5. The number of methoxy groups -OCH3 is 1. The van der Waals surface area contributed by atoms with Crippen LogP contribution in [0.2, 0.25) is 0 Å². The molecule has 0 radical (unpaired) electrons. The van der Waals surface area contributed by atoms with Crippen LogP contribution in [0.3, 0.4) is 0 Å². The number of ether oxygens (including phenoxy) is 2. The van der Waals surface area contributed by atoms with Gasteiger partial charge in [0, 0.05) is 11.1 Å². The Balaban J connectivity index is 2.51. The zero-order valence-electron chi connectivity index (χ0n) is 12.5. The van der Waals surface area contributed by atoms with E-state index in [1.54, 1.807) is 25.1 Å². The van der Waals surface area contributed by atoms with Gasteiger partial charge in [-0.15, -0.1) is 0 Å². The van der Waals surface area contributed by atoms with E-state index in [0.717, 1.165) is 5.56 Å². The summed E-state index contributed by atoms with van der Waals surface area (Å²) in [4.78, 5) is 23.5. The van der Waals surface area contributed by atoms with E-state index in [0.29, 0.717) is 22.4 Å². The molecule has 0 heterocycles. The van der Waals surface area contributed by atoms with Crippen LogP contribution >= 0.6 is 0 Å². The van der Waals surface area contributed by atoms with Gasteiger partial charge in [0.2, 0.25) is 0 Å². The molecule has 4 heteroatoms. The molecule has 0 aromatic heterocycles. The Morgan fingerprint density at radius 1 is 1.05 bits per heavy atom. The monoisotopic (exact) mass is 296 g/mol. The van der Waals surface area contributed by atoms with Crippen LogP contribution in [0, 0.1) is 0 Å². The first-order valence-corrected chi connectivity index (χ1v) is 6.68. The number of benzene rings is 2. The van der Waals surface area contributed by atoms with Crippen LogP contribution in [0.15, 0.2) is 60.7 Å². The van der Waals surface area contributed by atoms with Gasteiger partial charge >= 0.3 is 11.9 Å². The molecule has 0 spiro atoms. The van der Waals surface area contributed by atoms with Gasteiger partial charge in [0.15, 0.2) is 0 Å². The molecule has 22 heavy (non-hydrogen) atoms. The van der Waals surface area contributed by atoms with Gasteiger partial charge < -0.3 is 9.47 Å². The quantitative estimate of drug-likeness (QED) is 0.491. The van der Waals surface area contributed by atoms with Crippen molar-refractivity contribution < 1.29 is 19.1 Å². The maximum absolute atomic E-state index is 11.8. The fourth-order valence-corrected chi connectivity index (χ4v) is 1.89. The minimum Gasteiger partial charge on any atom is -0.465 e. The third kappa shape index (κ3) is 3.41. The molecule has 0 saturated carbocycles. The van der Waals surface area contributed by atoms with Crippen molar-refractivity contribution in [3.63, 3.8) is 0 Å². The zero-order valence-corrected chi connectivity index (χ0v) is 12.5. The lowest BCUT2D eigenvalue weighted by molar-refractivity contribution is -0.130. The minimum atomic E-state index is -0.511. The average Bonchev–Trinajstić information content (AvgIpc) is 2.55. The molecule has 4 nitrogen and oxygen atoms in total. The van der Waals surface area contributed by atoms with Crippen LogP contribution in [0.1, 0.15) is 17.3 Å². The van der Waals surface area contributed by atoms with Crippen LogP contribution in [0.4, 0.5) is 0 Å². The second-order valence-electron chi connectivity index (χ2n) is 4.74. The van der Waals surface area contributed by atoms with E-state index in [-0.39, 0.29) is 0 Å². The molecule has 0 aliphatic rings. The van der Waals surface area contributed by atoms with Gasteiger partial charge in [0.25, 0.3) is 0 Å². The number of hydrogen-bond donors (Lipinski definition) is 0. The van der Waals surface area contributed by atoms with Gasteiger partial charge in [0.1, 0.15) is 5.75 Å². The van der Waals surface area contributed by atoms with Gasteiger partial charge in [-0.05, 0) is 30.7 Å². The van der Waals surface area contributed by atoms with Crippen molar-refractivity contribution >= 4 is 11.9 Å². The number of rotatable bonds is 4. The third-order valence-electron chi connectivity index (χ3n) is 3.04. The SMILES string of the molecule is C=C(C)C(=O)Oc1ccc(C(=O)OC)cc1-c1ccccc1. The fourth-order valence-electron chi connectivity index (χ4n) is 1.89. The number of carbonyl (C=O) groups excluding carboxylic acids is 2. The summed E-state index contributed by atoms with van der Waals surface area (Å²) in [7, 11) is 1.32. The molecule has 0 bridgehead atoms. The summed E-state index contributed by atoms with van der Waals surface area (Å²) < 4.78 is 10.1. The summed E-state index contributed by atoms with van der Waals surface area (Å²) in [6.07, 6.45) is 0. The lowest BCUT2D eigenvalue weighted by Gasteiger charge is -2.12. The Bertz CT molecular complexity index is 717. The Hall–Kier alpha value is -2.88. The second kappa shape index (κ2) is 6.72. The van der Waals surface area contributed by atoms with E-state index in [4.69, 9.17) is 9.47 Å². The van der Waals surface area contributed by atoms with Crippen molar-refractivity contribution in [3.8, 4) is 16.9 Å². The molecule has 0 aliphatic carbocycles. The van der Waals surface area contributed by atoms with Crippen LogP contribution in [0.5, 0.6) is 5.75 Å². The highest BCUT2D eigenvalue weighted by molar-refractivity contribution is 5.93. The molecular formula is C18H16O4. The number of esters is 2. The molecule has 0 aliphatic heterocycles. The van der Waals surface area contributed by atoms with E-state index in [9.17, 15) is 9.59 Å². The molecule has 0 amide bonds. The largest absolute Gasteiger partial charge is 0.465 e. The maximum atomic E-state index is 11.8. The van der Waals surface area contributed by atoms with Crippen LogP contribution in [-0.4, -0.2) is 19.0 Å². The van der Waals surface area contributed by atoms with Crippen LogP contribution in [0.25, 0.3) is 11.1 Å². The van der Waals surface area contributed by atoms with E-state index in [1.807, 2.05) is 30.3 Å². The third-order valence-corrected chi connectivity index (χ3v) is 3.04. The standard InChI is InChI=1S/C18H16O4/c1-12(2)17(19)22-16-10-9-14(18(20)21-3)11-15(16)13-7-5-4-6-8-13/h4-11H,1H2,2-3H3. The fraction of sp³-hybridized carbons (Fsp3) is 0.111. The molecular weight excluding hydrogens is 280 g/mol. The Labute approximate surface area is 129 Å². The van der Waals surface area contributed by atoms with Gasteiger partial charge in [-0.1, -0.05) is 36.9 Å². The van der Waals surface area contributed by atoms with E-state index in [2.05, 4.69) is 6.58 Å². The van der Waals surface area contributed by atoms with E-state index in [1.165, 1.54) is 7.11 Å². The van der Waals surface area contributed by atoms with Gasteiger partial charge in [0.05, 0.1) is 12.7 Å². The highest BCUT2D eigenvalue weighted by Gasteiger charge is 2.15. The lowest BCUT2D eigenvalue weighted by atomic mass is 10.0. The molecule has 0 atom stereocenters. The predicted octanol–water partition coefficient (Wildman–Crippen LogP) is 3.62. The molecule has 0 fully saturated rings. The van der Waals surface area contributed by atoms with Crippen molar-refractivity contribution in [2.24, 2.45) is 0 Å².